The van der Waals surface area contributed by atoms with Crippen molar-refractivity contribution in [3.63, 3.8) is 0 Å². The van der Waals surface area contributed by atoms with Gasteiger partial charge in [-0.3, -0.25) is 4.79 Å². The van der Waals surface area contributed by atoms with E-state index in [4.69, 9.17) is 4.74 Å². The van der Waals surface area contributed by atoms with Crippen molar-refractivity contribution in [2.75, 3.05) is 13.7 Å². The number of amides is 1. The second-order valence-corrected chi connectivity index (χ2v) is 8.09. The van der Waals surface area contributed by atoms with Gasteiger partial charge >= 0.3 is 0 Å². The third-order valence-electron chi connectivity index (χ3n) is 6.26. The minimum absolute atomic E-state index is 0.237. The fourth-order valence-electron chi connectivity index (χ4n) is 4.52. The van der Waals surface area contributed by atoms with E-state index in [1.54, 1.807) is 30.3 Å². The first-order valence-corrected chi connectivity index (χ1v) is 10.0. The van der Waals surface area contributed by atoms with Crippen LogP contribution in [-0.2, 0) is 10.7 Å². The number of benzene rings is 2. The van der Waals surface area contributed by atoms with Crippen molar-refractivity contribution in [2.45, 2.75) is 24.7 Å². The molecule has 0 saturated carbocycles. The summed E-state index contributed by atoms with van der Waals surface area (Å²) < 4.78 is 35.8. The van der Waals surface area contributed by atoms with E-state index < -0.39 is 47.8 Å². The maximum Gasteiger partial charge on any atom is 0.300 e. The van der Waals surface area contributed by atoms with Gasteiger partial charge in [0, 0.05) is 18.2 Å². The van der Waals surface area contributed by atoms with E-state index in [0.29, 0.717) is 16.7 Å². The van der Waals surface area contributed by atoms with Crippen molar-refractivity contribution in [1.82, 2.24) is 5.32 Å². The summed E-state index contributed by atoms with van der Waals surface area (Å²) in [6.45, 7) is 0.725. The van der Waals surface area contributed by atoms with Gasteiger partial charge in [-0.1, -0.05) is 30.3 Å². The van der Waals surface area contributed by atoms with Gasteiger partial charge in [-0.05, 0) is 35.7 Å². The Hall–Kier alpha value is -3.01. The standard InChI is InChI=1S/C23H23F2NO6/c1-11-8-13(12-4-3-5-14(9-12)21(30)26-2)6-7-15(11)22(24,25)20-17-19(29)18(28)16(10-27)23(17,31)32-20/h3-9,16-17,20,27-29,31H,10H2,1-2H3,(H,26,30)/t16?,17?,20-,23?/m0/s1. The molecule has 0 spiro atoms. The molecular formula is C23H23F2NO6. The molecule has 7 nitrogen and oxygen atoms in total. The van der Waals surface area contributed by atoms with Gasteiger partial charge in [-0.25, -0.2) is 0 Å². The third-order valence-corrected chi connectivity index (χ3v) is 6.26. The lowest BCUT2D eigenvalue weighted by Crippen LogP contribution is -2.66. The number of aliphatic hydroxyl groups is 4. The number of nitrogens with one attached hydrogen (secondary N) is 1. The predicted molar refractivity (Wildman–Crippen MR) is 110 cm³/mol. The highest BCUT2D eigenvalue weighted by Crippen LogP contribution is 2.59. The summed E-state index contributed by atoms with van der Waals surface area (Å²) in [7, 11) is 1.51. The molecule has 2 aromatic carbocycles. The number of fused-ring (bicyclic) bond motifs is 1. The number of ether oxygens (including phenoxy) is 1. The van der Waals surface area contributed by atoms with Crippen molar-refractivity contribution in [1.29, 1.82) is 0 Å². The van der Waals surface area contributed by atoms with Crippen molar-refractivity contribution in [2.24, 2.45) is 11.8 Å². The van der Waals surface area contributed by atoms with Gasteiger partial charge in [-0.2, -0.15) is 8.78 Å². The first-order valence-electron chi connectivity index (χ1n) is 10.0. The predicted octanol–water partition coefficient (Wildman–Crippen LogP) is 2.77. The highest BCUT2D eigenvalue weighted by Gasteiger charge is 2.73. The van der Waals surface area contributed by atoms with Crippen LogP contribution in [0.1, 0.15) is 21.5 Å². The highest BCUT2D eigenvalue weighted by atomic mass is 19.3. The molecule has 4 rings (SSSR count). The van der Waals surface area contributed by atoms with Gasteiger partial charge in [-0.15, -0.1) is 0 Å². The summed E-state index contributed by atoms with van der Waals surface area (Å²) in [5.41, 5.74) is 1.60. The van der Waals surface area contributed by atoms with Gasteiger partial charge in [0.2, 0.25) is 0 Å². The zero-order valence-corrected chi connectivity index (χ0v) is 17.3. The second-order valence-electron chi connectivity index (χ2n) is 8.09. The van der Waals surface area contributed by atoms with Crippen LogP contribution in [0.15, 0.2) is 54.0 Å². The van der Waals surface area contributed by atoms with Gasteiger partial charge in [0.25, 0.3) is 11.8 Å². The average molecular weight is 447 g/mol. The molecule has 32 heavy (non-hydrogen) atoms. The summed E-state index contributed by atoms with van der Waals surface area (Å²) in [6.07, 6.45) is -1.92. The molecule has 9 heteroatoms. The molecule has 1 aliphatic heterocycles. The number of aliphatic hydroxyl groups excluding tert-OH is 3. The van der Waals surface area contributed by atoms with E-state index >= 15 is 8.78 Å². The Kier molecular flexibility index (Phi) is 5.23. The number of carbonyl (C=O) groups excluding carboxylic acids is 1. The molecule has 3 unspecified atom stereocenters. The Morgan fingerprint density at radius 3 is 2.47 bits per heavy atom. The average Bonchev–Trinajstić information content (AvgIpc) is 2.89. The van der Waals surface area contributed by atoms with E-state index in [0.717, 1.165) is 0 Å². The van der Waals surface area contributed by atoms with Crippen LogP contribution >= 0.6 is 0 Å². The van der Waals surface area contributed by atoms with Crippen LogP contribution in [0, 0.1) is 18.8 Å². The van der Waals surface area contributed by atoms with Crippen LogP contribution in [0.25, 0.3) is 11.1 Å². The number of rotatable bonds is 5. The van der Waals surface area contributed by atoms with Gasteiger partial charge in [0.15, 0.2) is 5.79 Å². The Morgan fingerprint density at radius 2 is 1.84 bits per heavy atom. The molecule has 2 aliphatic rings. The molecule has 0 aromatic heterocycles. The van der Waals surface area contributed by atoms with Crippen LogP contribution in [0.5, 0.6) is 0 Å². The lowest BCUT2D eigenvalue weighted by Gasteiger charge is -2.51. The fourth-order valence-corrected chi connectivity index (χ4v) is 4.52. The molecule has 1 aliphatic carbocycles. The zero-order valence-electron chi connectivity index (χ0n) is 17.3. The van der Waals surface area contributed by atoms with Crippen LogP contribution in [-0.4, -0.2) is 51.9 Å². The summed E-state index contributed by atoms with van der Waals surface area (Å²) in [6, 6.07) is 11.0. The Labute approximate surface area is 182 Å². The monoisotopic (exact) mass is 447 g/mol. The van der Waals surface area contributed by atoms with E-state index in [9.17, 15) is 25.2 Å². The molecule has 170 valence electrons. The largest absolute Gasteiger partial charge is 0.508 e. The zero-order chi connectivity index (χ0) is 23.4. The van der Waals surface area contributed by atoms with Crippen LogP contribution < -0.4 is 5.32 Å². The molecule has 1 heterocycles. The van der Waals surface area contributed by atoms with Gasteiger partial charge in [0.05, 0.1) is 12.5 Å². The van der Waals surface area contributed by atoms with Crippen molar-refractivity contribution >= 4 is 5.91 Å². The number of aryl methyl sites for hydroxylation is 1. The maximum atomic E-state index is 15.4. The quantitative estimate of drug-likeness (QED) is 0.481. The van der Waals surface area contributed by atoms with Crippen LogP contribution in [0.3, 0.4) is 0 Å². The van der Waals surface area contributed by atoms with Crippen molar-refractivity contribution in [3.8, 4) is 11.1 Å². The smallest absolute Gasteiger partial charge is 0.300 e. The van der Waals surface area contributed by atoms with Gasteiger partial charge < -0.3 is 30.5 Å². The molecule has 4 atom stereocenters. The number of hydrogen-bond acceptors (Lipinski definition) is 6. The van der Waals surface area contributed by atoms with Crippen LogP contribution in [0.4, 0.5) is 8.78 Å². The van der Waals surface area contributed by atoms with E-state index in [-0.39, 0.29) is 17.0 Å². The Bertz CT molecular complexity index is 1120. The second kappa shape index (κ2) is 7.54. The number of carbonyl (C=O) groups is 1. The fraction of sp³-hybridized carbons (Fsp3) is 0.348. The maximum absolute atomic E-state index is 15.4. The van der Waals surface area contributed by atoms with E-state index in [1.807, 2.05) is 0 Å². The minimum atomic E-state index is -3.61. The highest BCUT2D eigenvalue weighted by molar-refractivity contribution is 5.95. The topological polar surface area (TPSA) is 119 Å². The normalized spacial score (nSPS) is 27.1. The summed E-state index contributed by atoms with van der Waals surface area (Å²) in [5, 5.41) is 42.4. The number of hydrogen-bond donors (Lipinski definition) is 5. The minimum Gasteiger partial charge on any atom is -0.508 e. The Balaban J connectivity index is 1.65. The lowest BCUT2D eigenvalue weighted by molar-refractivity contribution is -0.411. The molecule has 0 bridgehead atoms. The first kappa shape index (κ1) is 22.2. The third kappa shape index (κ3) is 3.08. The lowest BCUT2D eigenvalue weighted by atomic mass is 9.78. The SMILES string of the molecule is CNC(=O)c1cccc(-c2ccc(C(F)(F)[C@H]3OC4(O)C(CO)C(O)=C(O)C34)c(C)c2)c1. The number of halogens is 2. The van der Waals surface area contributed by atoms with Crippen molar-refractivity contribution in [3.05, 3.63) is 70.7 Å². The molecule has 1 amide bonds. The summed E-state index contributed by atoms with van der Waals surface area (Å²) in [4.78, 5) is 11.9. The van der Waals surface area contributed by atoms with Crippen molar-refractivity contribution < 1.29 is 38.7 Å². The van der Waals surface area contributed by atoms with E-state index in [1.165, 1.54) is 26.1 Å². The molecule has 1 saturated heterocycles. The van der Waals surface area contributed by atoms with E-state index in [2.05, 4.69) is 5.32 Å². The van der Waals surface area contributed by atoms with Crippen LogP contribution in [0.2, 0.25) is 0 Å². The molecule has 5 N–H and O–H groups in total. The molecule has 0 radical (unpaired) electrons. The number of alkyl halides is 2. The first-order chi connectivity index (χ1) is 15.1. The molecular weight excluding hydrogens is 424 g/mol. The van der Waals surface area contributed by atoms with Gasteiger partial charge in [0.1, 0.15) is 23.5 Å². The summed E-state index contributed by atoms with van der Waals surface area (Å²) >= 11 is 0. The molecule has 2 aromatic rings. The summed E-state index contributed by atoms with van der Waals surface area (Å²) in [5.74, 6) is -10.7. The Morgan fingerprint density at radius 1 is 1.16 bits per heavy atom. The molecule has 1 fully saturated rings.